The van der Waals surface area contributed by atoms with E-state index < -0.39 is 5.60 Å². The van der Waals surface area contributed by atoms with Crippen molar-refractivity contribution in [1.29, 1.82) is 0 Å². The molecule has 4 N–H and O–H groups in total. The average Bonchev–Trinajstić information content (AvgIpc) is 2.62. The highest BCUT2D eigenvalue weighted by molar-refractivity contribution is 5.23. The molecule has 0 aromatic rings. The summed E-state index contributed by atoms with van der Waals surface area (Å²) in [6.45, 7) is 6.32. The molecule has 4 nitrogen and oxygen atoms in total. The Morgan fingerprint density at radius 1 is 1.12 bits per heavy atom. The lowest BCUT2D eigenvalue weighted by Gasteiger charge is -2.59. The normalized spacial score (nSPS) is 52.0. The molecule has 0 unspecified atom stereocenters. The number of fused-ring (bicyclic) bond motifs is 3. The molecular formula is C20H34O4. The van der Waals surface area contributed by atoms with Crippen molar-refractivity contribution in [3.05, 3.63) is 11.6 Å². The van der Waals surface area contributed by atoms with Crippen LogP contribution in [0.4, 0.5) is 0 Å². The first-order valence-electron chi connectivity index (χ1n) is 9.49. The van der Waals surface area contributed by atoms with Crippen molar-refractivity contribution in [3.63, 3.8) is 0 Å². The Bertz CT molecular complexity index is 514. The van der Waals surface area contributed by atoms with Crippen LogP contribution in [0.1, 0.15) is 59.3 Å². The zero-order valence-electron chi connectivity index (χ0n) is 15.3. The Morgan fingerprint density at radius 3 is 2.46 bits per heavy atom. The number of aliphatic hydroxyl groups is 4. The molecule has 2 fully saturated rings. The van der Waals surface area contributed by atoms with Gasteiger partial charge in [-0.3, -0.25) is 0 Å². The maximum atomic E-state index is 10.7. The Kier molecular flexibility index (Phi) is 4.66. The van der Waals surface area contributed by atoms with E-state index in [2.05, 4.69) is 19.9 Å². The van der Waals surface area contributed by atoms with Gasteiger partial charge in [-0.2, -0.15) is 0 Å². The molecule has 3 rings (SSSR count). The predicted octanol–water partition coefficient (Wildman–Crippen LogP) is 2.25. The molecule has 0 aliphatic heterocycles. The Labute approximate surface area is 145 Å². The van der Waals surface area contributed by atoms with Crippen LogP contribution in [0, 0.1) is 28.6 Å². The van der Waals surface area contributed by atoms with Gasteiger partial charge in [-0.1, -0.05) is 25.5 Å². The molecular weight excluding hydrogens is 304 g/mol. The molecule has 3 aliphatic rings. The highest BCUT2D eigenvalue weighted by atomic mass is 16.3. The van der Waals surface area contributed by atoms with Crippen molar-refractivity contribution in [2.45, 2.75) is 71.0 Å². The molecule has 0 saturated heterocycles. The summed E-state index contributed by atoms with van der Waals surface area (Å²) in [5.41, 5.74) is 0.182. The van der Waals surface area contributed by atoms with Crippen LogP contribution in [0.3, 0.4) is 0 Å². The Morgan fingerprint density at radius 2 is 1.83 bits per heavy atom. The summed E-state index contributed by atoms with van der Waals surface area (Å²) >= 11 is 0. The molecule has 0 aromatic carbocycles. The van der Waals surface area contributed by atoms with Crippen molar-refractivity contribution in [1.82, 2.24) is 0 Å². The van der Waals surface area contributed by atoms with E-state index in [0.29, 0.717) is 24.7 Å². The third-order valence-corrected chi connectivity index (χ3v) is 7.69. The molecule has 3 aliphatic carbocycles. The van der Waals surface area contributed by atoms with Crippen molar-refractivity contribution in [3.8, 4) is 0 Å². The standard InChI is InChI=1S/C20H34O4/c1-18(12-22)9-15(23)10-19(2)16-6-7-20(3,24)14(11-21)8-13(16)4-5-17(18)19/h8,14-17,21-24H,4-7,9-12H2,1-3H3/t14-,15-,16-,17-,18+,19+,20+/m1/s1. The van der Waals surface area contributed by atoms with Gasteiger partial charge in [0.25, 0.3) is 0 Å². The Balaban J connectivity index is 2.00. The molecule has 0 aromatic heterocycles. The van der Waals surface area contributed by atoms with Gasteiger partial charge < -0.3 is 20.4 Å². The third-order valence-electron chi connectivity index (χ3n) is 7.69. The minimum Gasteiger partial charge on any atom is -0.396 e. The van der Waals surface area contributed by atoms with Crippen LogP contribution in [-0.2, 0) is 0 Å². The topological polar surface area (TPSA) is 80.9 Å². The largest absolute Gasteiger partial charge is 0.396 e. The lowest BCUT2D eigenvalue weighted by Crippen LogP contribution is -2.55. The molecule has 2 saturated carbocycles. The Hall–Kier alpha value is -0.420. The second-order valence-electron chi connectivity index (χ2n) is 9.45. The molecule has 0 bridgehead atoms. The van der Waals surface area contributed by atoms with Gasteiger partial charge in [-0.05, 0) is 68.1 Å². The fourth-order valence-corrected chi connectivity index (χ4v) is 6.37. The van der Waals surface area contributed by atoms with Crippen LogP contribution in [0.5, 0.6) is 0 Å². The first-order chi connectivity index (χ1) is 11.2. The summed E-state index contributed by atoms with van der Waals surface area (Å²) < 4.78 is 0. The minimum absolute atomic E-state index is 0.0274. The monoisotopic (exact) mass is 338 g/mol. The highest BCUT2D eigenvalue weighted by Crippen LogP contribution is 2.63. The quantitative estimate of drug-likeness (QED) is 0.582. The van der Waals surface area contributed by atoms with Gasteiger partial charge in [0, 0.05) is 12.5 Å². The maximum Gasteiger partial charge on any atom is 0.0704 e. The van der Waals surface area contributed by atoms with Crippen LogP contribution in [0.25, 0.3) is 0 Å². The van der Waals surface area contributed by atoms with Gasteiger partial charge in [0.15, 0.2) is 0 Å². The van der Waals surface area contributed by atoms with Crippen LogP contribution in [0.2, 0.25) is 0 Å². The predicted molar refractivity (Wildman–Crippen MR) is 93.3 cm³/mol. The zero-order valence-corrected chi connectivity index (χ0v) is 15.3. The van der Waals surface area contributed by atoms with E-state index in [1.165, 1.54) is 5.57 Å². The second kappa shape index (κ2) is 6.08. The first kappa shape index (κ1) is 18.4. The molecule has 0 amide bonds. The summed E-state index contributed by atoms with van der Waals surface area (Å²) in [5.74, 6) is 0.492. The molecule has 7 atom stereocenters. The molecule has 138 valence electrons. The van der Waals surface area contributed by atoms with Crippen molar-refractivity contribution in [2.75, 3.05) is 13.2 Å². The fraction of sp³-hybridized carbons (Fsp3) is 0.900. The van der Waals surface area contributed by atoms with Gasteiger partial charge in [0.2, 0.25) is 0 Å². The van der Waals surface area contributed by atoms with E-state index in [0.717, 1.165) is 25.7 Å². The van der Waals surface area contributed by atoms with Gasteiger partial charge in [0.1, 0.15) is 0 Å². The van der Waals surface area contributed by atoms with Crippen LogP contribution in [-0.4, -0.2) is 45.3 Å². The van der Waals surface area contributed by atoms with E-state index in [9.17, 15) is 20.4 Å². The van der Waals surface area contributed by atoms with Crippen molar-refractivity contribution in [2.24, 2.45) is 28.6 Å². The number of hydrogen-bond acceptors (Lipinski definition) is 4. The van der Waals surface area contributed by atoms with E-state index in [4.69, 9.17) is 0 Å². The SMILES string of the molecule is C[C@@]1(CO)C[C@@H](O)C[C@@]2(C)[C@@H]3CC[C@](C)(O)[C@@H](CO)C=C3CC[C@H]12. The van der Waals surface area contributed by atoms with Gasteiger partial charge in [0.05, 0.1) is 18.3 Å². The maximum absolute atomic E-state index is 10.7. The molecule has 24 heavy (non-hydrogen) atoms. The first-order valence-corrected chi connectivity index (χ1v) is 9.49. The van der Waals surface area contributed by atoms with E-state index in [1.807, 2.05) is 6.92 Å². The number of hydrogen-bond donors (Lipinski definition) is 4. The number of allylic oxidation sites excluding steroid dienone is 1. The van der Waals surface area contributed by atoms with Crippen LogP contribution < -0.4 is 0 Å². The highest BCUT2D eigenvalue weighted by Gasteiger charge is 2.57. The van der Waals surface area contributed by atoms with E-state index >= 15 is 0 Å². The summed E-state index contributed by atoms with van der Waals surface area (Å²) in [6.07, 6.45) is 6.73. The summed E-state index contributed by atoms with van der Waals surface area (Å²) in [4.78, 5) is 0. The van der Waals surface area contributed by atoms with Crippen molar-refractivity contribution >= 4 is 0 Å². The minimum atomic E-state index is -0.876. The summed E-state index contributed by atoms with van der Waals surface area (Å²) in [5, 5.41) is 41.0. The number of rotatable bonds is 2. The van der Waals surface area contributed by atoms with Gasteiger partial charge in [-0.15, -0.1) is 0 Å². The summed E-state index contributed by atoms with van der Waals surface area (Å²) in [7, 11) is 0. The fourth-order valence-electron chi connectivity index (χ4n) is 6.37. The lowest BCUT2D eigenvalue weighted by molar-refractivity contribution is -0.131. The molecule has 0 spiro atoms. The van der Waals surface area contributed by atoms with Crippen molar-refractivity contribution < 1.29 is 20.4 Å². The van der Waals surface area contributed by atoms with Crippen LogP contribution in [0.15, 0.2) is 11.6 Å². The number of aliphatic hydroxyl groups excluding tert-OH is 3. The lowest BCUT2D eigenvalue weighted by atomic mass is 9.46. The van der Waals surface area contributed by atoms with Gasteiger partial charge >= 0.3 is 0 Å². The molecule has 4 heteroatoms. The second-order valence-corrected chi connectivity index (χ2v) is 9.45. The molecule has 0 radical (unpaired) electrons. The summed E-state index contributed by atoms with van der Waals surface area (Å²) in [6, 6.07) is 0. The van der Waals surface area contributed by atoms with Gasteiger partial charge in [-0.25, -0.2) is 0 Å². The smallest absolute Gasteiger partial charge is 0.0704 e. The van der Waals surface area contributed by atoms with E-state index in [-0.39, 0.29) is 36.1 Å². The van der Waals surface area contributed by atoms with Crippen LogP contribution >= 0.6 is 0 Å². The zero-order chi connectivity index (χ0) is 17.8. The van der Waals surface area contributed by atoms with E-state index in [1.54, 1.807) is 0 Å². The average molecular weight is 338 g/mol. The molecule has 0 heterocycles. The third kappa shape index (κ3) is 2.76.